The molecule has 1 aliphatic carbocycles. The summed E-state index contributed by atoms with van der Waals surface area (Å²) >= 11 is 0. The molecule has 8 heteroatoms. The predicted molar refractivity (Wildman–Crippen MR) is 123 cm³/mol. The number of fused-ring (bicyclic) bond motifs is 1. The second-order valence-corrected chi connectivity index (χ2v) is 9.29. The van der Waals surface area contributed by atoms with Gasteiger partial charge in [0.1, 0.15) is 0 Å². The third kappa shape index (κ3) is 3.65. The van der Waals surface area contributed by atoms with E-state index in [2.05, 4.69) is 10.1 Å². The van der Waals surface area contributed by atoms with Crippen LogP contribution in [0.4, 0.5) is 0 Å². The van der Waals surface area contributed by atoms with Gasteiger partial charge < -0.3 is 4.90 Å². The molecule has 5 rings (SSSR count). The van der Waals surface area contributed by atoms with Gasteiger partial charge in [-0.1, -0.05) is 19.3 Å². The molecule has 0 radical (unpaired) electrons. The summed E-state index contributed by atoms with van der Waals surface area (Å²) in [6, 6.07) is 3.85. The third-order valence-electron chi connectivity index (χ3n) is 7.20. The molecule has 1 amide bonds. The van der Waals surface area contributed by atoms with Crippen LogP contribution in [0.5, 0.6) is 0 Å². The van der Waals surface area contributed by atoms with Gasteiger partial charge >= 0.3 is 5.69 Å². The number of pyridine rings is 1. The fourth-order valence-corrected chi connectivity index (χ4v) is 5.44. The third-order valence-corrected chi connectivity index (χ3v) is 7.20. The lowest BCUT2D eigenvalue weighted by Crippen LogP contribution is -2.33. The van der Waals surface area contributed by atoms with Crippen LogP contribution in [0.15, 0.2) is 29.3 Å². The quantitative estimate of drug-likeness (QED) is 0.614. The van der Waals surface area contributed by atoms with Gasteiger partial charge in [-0.3, -0.25) is 18.6 Å². The first-order valence-corrected chi connectivity index (χ1v) is 12.0. The lowest BCUT2D eigenvalue weighted by atomic mass is 9.89. The van der Waals surface area contributed by atoms with E-state index in [-0.39, 0.29) is 17.6 Å². The second kappa shape index (κ2) is 8.56. The number of imidazole rings is 1. The molecular formula is C24H32N6O2. The number of hydrogen-bond donors (Lipinski definition) is 0. The van der Waals surface area contributed by atoms with Crippen LogP contribution in [0, 0.1) is 12.8 Å². The standard InChI is InChI=1S/C24H32N6O2/c1-3-28-16-20(17(2)26-28)23(31)27-13-11-19(15-27)30-22-21(10-7-12-25-22)29(24(30)32)14-18-8-5-4-6-9-18/h7,10,12,16,18-19H,3-6,8-9,11,13-15H2,1-2H3/t19-/m1/s1. The van der Waals surface area contributed by atoms with Crippen molar-refractivity contribution in [1.82, 2.24) is 28.8 Å². The monoisotopic (exact) mass is 436 g/mol. The Morgan fingerprint density at radius 2 is 2.00 bits per heavy atom. The molecule has 0 aromatic carbocycles. The molecule has 8 nitrogen and oxygen atoms in total. The van der Waals surface area contributed by atoms with E-state index >= 15 is 0 Å². The van der Waals surface area contributed by atoms with Crippen LogP contribution >= 0.6 is 0 Å². The van der Waals surface area contributed by atoms with Crippen LogP contribution in [0.25, 0.3) is 11.2 Å². The molecule has 1 saturated heterocycles. The summed E-state index contributed by atoms with van der Waals surface area (Å²) in [6.45, 7) is 6.54. The number of rotatable bonds is 5. The highest BCUT2D eigenvalue weighted by molar-refractivity contribution is 5.95. The van der Waals surface area contributed by atoms with Crippen LogP contribution in [-0.2, 0) is 13.1 Å². The molecule has 170 valence electrons. The van der Waals surface area contributed by atoms with Crippen LogP contribution in [0.2, 0.25) is 0 Å². The predicted octanol–water partition coefficient (Wildman–Crippen LogP) is 3.39. The maximum atomic E-state index is 13.6. The Hall–Kier alpha value is -2.90. The maximum Gasteiger partial charge on any atom is 0.330 e. The topological polar surface area (TPSA) is 78.0 Å². The first kappa shape index (κ1) is 21.0. The van der Waals surface area contributed by atoms with Gasteiger partial charge in [0, 0.05) is 38.6 Å². The summed E-state index contributed by atoms with van der Waals surface area (Å²) in [6.07, 6.45) is 10.5. The highest BCUT2D eigenvalue weighted by Gasteiger charge is 2.32. The Labute approximate surface area is 187 Å². The van der Waals surface area contributed by atoms with Crippen molar-refractivity contribution in [2.75, 3.05) is 13.1 Å². The summed E-state index contributed by atoms with van der Waals surface area (Å²) in [4.78, 5) is 33.2. The molecule has 1 atom stereocenters. The number of carbonyl (C=O) groups is 1. The van der Waals surface area contributed by atoms with Crippen molar-refractivity contribution in [3.63, 3.8) is 0 Å². The van der Waals surface area contributed by atoms with Crippen molar-refractivity contribution < 1.29 is 4.79 Å². The molecule has 1 aliphatic heterocycles. The van der Waals surface area contributed by atoms with E-state index in [0.717, 1.165) is 36.4 Å². The molecule has 0 N–H and O–H groups in total. The SMILES string of the molecule is CCn1cc(C(=O)N2CC[C@@H](n3c(=O)n(CC4CCCCC4)c4cccnc43)C2)c(C)n1. The molecular weight excluding hydrogens is 404 g/mol. The van der Waals surface area contributed by atoms with E-state index in [1.165, 1.54) is 32.1 Å². The van der Waals surface area contributed by atoms with E-state index < -0.39 is 0 Å². The average molecular weight is 437 g/mol. The van der Waals surface area contributed by atoms with Gasteiger partial charge in [0.25, 0.3) is 5.91 Å². The second-order valence-electron chi connectivity index (χ2n) is 9.29. The maximum absolute atomic E-state index is 13.6. The summed E-state index contributed by atoms with van der Waals surface area (Å²) in [5, 5.41) is 4.41. The van der Waals surface area contributed by atoms with E-state index in [1.54, 1.807) is 10.9 Å². The number of carbonyl (C=O) groups excluding carboxylic acids is 1. The van der Waals surface area contributed by atoms with Gasteiger partial charge in [0.15, 0.2) is 5.65 Å². The average Bonchev–Trinajstić information content (AvgIpc) is 3.51. The minimum atomic E-state index is -0.0574. The first-order chi connectivity index (χ1) is 15.6. The number of likely N-dealkylation sites (tertiary alicyclic amines) is 1. The molecule has 0 spiro atoms. The van der Waals surface area contributed by atoms with Gasteiger partial charge in [-0.15, -0.1) is 0 Å². The highest BCUT2D eigenvalue weighted by Crippen LogP contribution is 2.28. The Kier molecular flexibility index (Phi) is 5.61. The summed E-state index contributed by atoms with van der Waals surface area (Å²) in [5.74, 6) is 0.553. The van der Waals surface area contributed by atoms with Crippen LogP contribution in [0.1, 0.15) is 67.5 Å². The fraction of sp³-hybridized carbons (Fsp3) is 0.583. The minimum absolute atomic E-state index is 0.00310. The van der Waals surface area contributed by atoms with Gasteiger partial charge in [-0.05, 0) is 51.2 Å². The molecule has 3 aromatic heterocycles. The van der Waals surface area contributed by atoms with Crippen molar-refractivity contribution in [2.24, 2.45) is 5.92 Å². The van der Waals surface area contributed by atoms with Crippen molar-refractivity contribution in [3.8, 4) is 0 Å². The molecule has 32 heavy (non-hydrogen) atoms. The van der Waals surface area contributed by atoms with E-state index in [0.29, 0.717) is 24.6 Å². The van der Waals surface area contributed by atoms with Gasteiger partial charge in [0.2, 0.25) is 0 Å². The Morgan fingerprint density at radius 3 is 2.75 bits per heavy atom. The van der Waals surface area contributed by atoms with E-state index in [4.69, 9.17) is 0 Å². The number of nitrogens with zero attached hydrogens (tertiary/aromatic N) is 6. The smallest absolute Gasteiger partial charge is 0.330 e. The number of hydrogen-bond acceptors (Lipinski definition) is 4. The lowest BCUT2D eigenvalue weighted by Gasteiger charge is -2.21. The zero-order valence-electron chi connectivity index (χ0n) is 19.0. The van der Waals surface area contributed by atoms with E-state index in [1.807, 2.05) is 46.2 Å². The summed E-state index contributed by atoms with van der Waals surface area (Å²) in [5.41, 5.74) is 3.06. The van der Waals surface area contributed by atoms with Crippen molar-refractivity contribution in [1.29, 1.82) is 0 Å². The zero-order valence-corrected chi connectivity index (χ0v) is 19.0. The normalized spacial score (nSPS) is 19.8. The molecule has 1 saturated carbocycles. The lowest BCUT2D eigenvalue weighted by molar-refractivity contribution is 0.0787. The number of aromatic nitrogens is 5. The van der Waals surface area contributed by atoms with Gasteiger partial charge in [-0.2, -0.15) is 5.10 Å². The van der Waals surface area contributed by atoms with Gasteiger partial charge in [-0.25, -0.2) is 9.78 Å². The van der Waals surface area contributed by atoms with Crippen molar-refractivity contribution in [3.05, 3.63) is 46.3 Å². The largest absolute Gasteiger partial charge is 0.336 e. The fourth-order valence-electron chi connectivity index (χ4n) is 5.44. The van der Waals surface area contributed by atoms with Crippen LogP contribution in [0.3, 0.4) is 0 Å². The van der Waals surface area contributed by atoms with Crippen LogP contribution in [-0.4, -0.2) is 47.8 Å². The molecule has 0 bridgehead atoms. The number of aryl methyl sites for hydroxylation is 2. The first-order valence-electron chi connectivity index (χ1n) is 12.0. The Morgan fingerprint density at radius 1 is 1.19 bits per heavy atom. The molecule has 2 fully saturated rings. The molecule has 4 heterocycles. The Bertz CT molecular complexity index is 1180. The molecule has 3 aromatic rings. The summed E-state index contributed by atoms with van der Waals surface area (Å²) in [7, 11) is 0. The molecule has 2 aliphatic rings. The highest BCUT2D eigenvalue weighted by atomic mass is 16.2. The summed E-state index contributed by atoms with van der Waals surface area (Å²) < 4.78 is 5.56. The zero-order chi connectivity index (χ0) is 22.2. The molecule has 0 unspecified atom stereocenters. The number of amides is 1. The Balaban J connectivity index is 1.42. The van der Waals surface area contributed by atoms with Gasteiger partial charge in [0.05, 0.1) is 22.8 Å². The van der Waals surface area contributed by atoms with Crippen molar-refractivity contribution in [2.45, 2.75) is 71.5 Å². The van der Waals surface area contributed by atoms with Crippen molar-refractivity contribution >= 4 is 17.1 Å². The van der Waals surface area contributed by atoms with Crippen LogP contribution < -0.4 is 5.69 Å². The van der Waals surface area contributed by atoms with E-state index in [9.17, 15) is 9.59 Å². The minimum Gasteiger partial charge on any atom is -0.336 e.